The van der Waals surface area contributed by atoms with Crippen LogP contribution in [0, 0.1) is 26.6 Å². The van der Waals surface area contributed by atoms with E-state index in [4.69, 9.17) is 4.98 Å². The summed E-state index contributed by atoms with van der Waals surface area (Å²) in [5.74, 6) is -0.547. The fraction of sp³-hybridized carbons (Fsp3) is 0.348. The first kappa shape index (κ1) is 21.9. The number of aromatic nitrogens is 1. The number of rotatable bonds is 5. The minimum Gasteiger partial charge on any atom is -0.345 e. The summed E-state index contributed by atoms with van der Waals surface area (Å²) in [5.41, 5.74) is 6.17. The number of aryl methyl sites for hydroxylation is 3. The van der Waals surface area contributed by atoms with Gasteiger partial charge in [0.05, 0.1) is 10.6 Å². The van der Waals surface area contributed by atoms with Gasteiger partial charge in [0, 0.05) is 38.0 Å². The van der Waals surface area contributed by atoms with E-state index in [1.54, 1.807) is 11.3 Å². The van der Waals surface area contributed by atoms with Crippen molar-refractivity contribution in [2.45, 2.75) is 32.1 Å². The third kappa shape index (κ3) is 4.66. The zero-order valence-corrected chi connectivity index (χ0v) is 19.6. The van der Waals surface area contributed by atoms with E-state index in [-0.39, 0.29) is 4.90 Å². The van der Waals surface area contributed by atoms with Gasteiger partial charge in [-0.1, -0.05) is 23.8 Å². The van der Waals surface area contributed by atoms with Crippen molar-refractivity contribution < 1.29 is 12.8 Å². The maximum Gasteiger partial charge on any atom is 0.243 e. The molecule has 0 aliphatic carbocycles. The highest BCUT2D eigenvalue weighted by atomic mass is 32.2. The molecule has 164 valence electrons. The second-order valence-corrected chi connectivity index (χ2v) is 10.8. The Bertz CT molecular complexity index is 1180. The number of nitrogens with zero attached hydrogens (tertiary/aromatic N) is 3. The van der Waals surface area contributed by atoms with Gasteiger partial charge in [-0.2, -0.15) is 4.31 Å². The number of benzene rings is 2. The maximum atomic E-state index is 13.5. The van der Waals surface area contributed by atoms with Gasteiger partial charge < -0.3 is 4.90 Å². The number of sulfonamides is 1. The standard InChI is InChI=1S/C23H26FN3O2S2/c1-16-11-17(2)22(18(3)12-16)14-20-15-30-23(25-20)26-7-9-27(10-8-26)31(28,29)21-6-4-5-19(24)13-21/h4-6,11-13,15H,7-10,14H2,1-3H3. The topological polar surface area (TPSA) is 53.5 Å². The Morgan fingerprint density at radius 3 is 2.35 bits per heavy atom. The summed E-state index contributed by atoms with van der Waals surface area (Å²) in [4.78, 5) is 6.94. The number of thiazole rings is 1. The van der Waals surface area contributed by atoms with Crippen molar-refractivity contribution in [3.63, 3.8) is 0 Å². The molecule has 0 unspecified atom stereocenters. The maximum absolute atomic E-state index is 13.5. The second kappa shape index (κ2) is 8.68. The largest absolute Gasteiger partial charge is 0.345 e. The summed E-state index contributed by atoms with van der Waals surface area (Å²) in [6, 6.07) is 9.59. The Labute approximate surface area is 187 Å². The fourth-order valence-electron chi connectivity index (χ4n) is 4.09. The summed E-state index contributed by atoms with van der Waals surface area (Å²) in [6.45, 7) is 8.21. The summed E-state index contributed by atoms with van der Waals surface area (Å²) >= 11 is 1.59. The molecule has 31 heavy (non-hydrogen) atoms. The van der Waals surface area contributed by atoms with E-state index in [9.17, 15) is 12.8 Å². The van der Waals surface area contributed by atoms with Crippen molar-refractivity contribution in [1.82, 2.24) is 9.29 Å². The van der Waals surface area contributed by atoms with E-state index < -0.39 is 15.8 Å². The summed E-state index contributed by atoms with van der Waals surface area (Å²) in [7, 11) is -3.69. The average Bonchev–Trinajstić information content (AvgIpc) is 3.19. The molecular formula is C23H26FN3O2S2. The smallest absolute Gasteiger partial charge is 0.243 e. The SMILES string of the molecule is Cc1cc(C)c(Cc2csc(N3CCN(S(=O)(=O)c4cccc(F)c4)CC3)n2)c(C)c1. The Morgan fingerprint density at radius 2 is 1.71 bits per heavy atom. The van der Waals surface area contributed by atoms with Crippen LogP contribution in [0.5, 0.6) is 0 Å². The van der Waals surface area contributed by atoms with Crippen LogP contribution in [0.15, 0.2) is 46.7 Å². The zero-order valence-electron chi connectivity index (χ0n) is 17.9. The molecule has 0 bridgehead atoms. The second-order valence-electron chi connectivity index (χ2n) is 8.02. The van der Waals surface area contributed by atoms with Crippen LogP contribution < -0.4 is 4.90 Å². The van der Waals surface area contributed by atoms with Crippen LogP contribution in [0.4, 0.5) is 9.52 Å². The molecule has 3 aromatic rings. The lowest BCUT2D eigenvalue weighted by atomic mass is 9.96. The van der Waals surface area contributed by atoms with Gasteiger partial charge in [-0.3, -0.25) is 0 Å². The first-order valence-corrected chi connectivity index (χ1v) is 12.6. The number of halogens is 1. The summed E-state index contributed by atoms with van der Waals surface area (Å²) in [5, 5.41) is 3.00. The number of hydrogen-bond acceptors (Lipinski definition) is 5. The molecule has 1 fully saturated rings. The predicted octanol–water partition coefficient (Wildman–Crippen LogP) is 4.31. The van der Waals surface area contributed by atoms with E-state index in [0.29, 0.717) is 26.2 Å². The fourth-order valence-corrected chi connectivity index (χ4v) is 6.42. The number of piperazine rings is 1. The van der Waals surface area contributed by atoms with Crippen molar-refractivity contribution in [2.24, 2.45) is 0 Å². The lowest BCUT2D eigenvalue weighted by Crippen LogP contribution is -2.48. The Kier molecular flexibility index (Phi) is 6.14. The van der Waals surface area contributed by atoms with Gasteiger partial charge in [0.15, 0.2) is 5.13 Å². The predicted molar refractivity (Wildman–Crippen MR) is 123 cm³/mol. The Morgan fingerprint density at radius 1 is 1.03 bits per heavy atom. The first-order chi connectivity index (χ1) is 14.7. The highest BCUT2D eigenvalue weighted by Crippen LogP contribution is 2.27. The lowest BCUT2D eigenvalue weighted by molar-refractivity contribution is 0.384. The van der Waals surface area contributed by atoms with Crippen molar-refractivity contribution >= 4 is 26.5 Å². The van der Waals surface area contributed by atoms with Gasteiger partial charge in [-0.25, -0.2) is 17.8 Å². The molecule has 0 spiro atoms. The van der Waals surface area contributed by atoms with Gasteiger partial charge in [-0.15, -0.1) is 11.3 Å². The van der Waals surface area contributed by atoms with E-state index in [2.05, 4.69) is 43.2 Å². The average molecular weight is 460 g/mol. The van der Waals surface area contributed by atoms with Crippen LogP contribution in [-0.2, 0) is 16.4 Å². The number of hydrogen-bond donors (Lipinski definition) is 0. The van der Waals surface area contributed by atoms with Gasteiger partial charge in [0.1, 0.15) is 5.82 Å². The van der Waals surface area contributed by atoms with E-state index in [0.717, 1.165) is 23.3 Å². The van der Waals surface area contributed by atoms with Crippen LogP contribution in [0.25, 0.3) is 0 Å². The minimum atomic E-state index is -3.69. The molecule has 0 saturated carbocycles. The molecule has 1 saturated heterocycles. The molecule has 0 atom stereocenters. The molecule has 0 radical (unpaired) electrons. The van der Waals surface area contributed by atoms with Crippen molar-refractivity contribution in [2.75, 3.05) is 31.1 Å². The van der Waals surface area contributed by atoms with Crippen LogP contribution >= 0.6 is 11.3 Å². The van der Waals surface area contributed by atoms with Crippen molar-refractivity contribution in [3.8, 4) is 0 Å². The molecule has 1 aromatic heterocycles. The van der Waals surface area contributed by atoms with Crippen LogP contribution in [0.1, 0.15) is 27.9 Å². The lowest BCUT2D eigenvalue weighted by Gasteiger charge is -2.33. The molecule has 5 nitrogen and oxygen atoms in total. The van der Waals surface area contributed by atoms with Crippen LogP contribution in [0.2, 0.25) is 0 Å². The monoisotopic (exact) mass is 459 g/mol. The third-order valence-electron chi connectivity index (χ3n) is 5.68. The molecule has 1 aliphatic rings. The minimum absolute atomic E-state index is 0.00122. The molecule has 2 aromatic carbocycles. The van der Waals surface area contributed by atoms with E-state index >= 15 is 0 Å². The van der Waals surface area contributed by atoms with Crippen LogP contribution in [-0.4, -0.2) is 43.9 Å². The molecule has 8 heteroatoms. The molecule has 0 amide bonds. The molecule has 0 N–H and O–H groups in total. The normalized spacial score (nSPS) is 15.4. The molecule has 4 rings (SSSR count). The van der Waals surface area contributed by atoms with E-state index in [1.165, 1.54) is 44.8 Å². The quantitative estimate of drug-likeness (QED) is 0.571. The highest BCUT2D eigenvalue weighted by Gasteiger charge is 2.29. The third-order valence-corrected chi connectivity index (χ3v) is 8.53. The van der Waals surface area contributed by atoms with Gasteiger partial charge >= 0.3 is 0 Å². The first-order valence-electron chi connectivity index (χ1n) is 10.3. The summed E-state index contributed by atoms with van der Waals surface area (Å²) < 4.78 is 40.5. The van der Waals surface area contributed by atoms with Gasteiger partial charge in [-0.05, 0) is 55.7 Å². The van der Waals surface area contributed by atoms with Gasteiger partial charge in [0.2, 0.25) is 10.0 Å². The Hall–Kier alpha value is -2.29. The van der Waals surface area contributed by atoms with Crippen molar-refractivity contribution in [1.29, 1.82) is 0 Å². The Balaban J connectivity index is 1.43. The molecule has 1 aliphatic heterocycles. The summed E-state index contributed by atoms with van der Waals surface area (Å²) in [6.07, 6.45) is 0.794. The van der Waals surface area contributed by atoms with Crippen molar-refractivity contribution in [3.05, 3.63) is 75.5 Å². The highest BCUT2D eigenvalue weighted by molar-refractivity contribution is 7.89. The molecule has 2 heterocycles. The van der Waals surface area contributed by atoms with E-state index in [1.807, 2.05) is 0 Å². The molecular weight excluding hydrogens is 433 g/mol. The number of anilines is 1. The zero-order chi connectivity index (χ0) is 22.2. The van der Waals surface area contributed by atoms with Gasteiger partial charge in [0.25, 0.3) is 0 Å². The van der Waals surface area contributed by atoms with Crippen LogP contribution in [0.3, 0.4) is 0 Å².